The molecule has 0 aliphatic heterocycles. The van der Waals surface area contributed by atoms with Crippen LogP contribution in [-0.4, -0.2) is 44.0 Å². The van der Waals surface area contributed by atoms with Crippen molar-refractivity contribution in [1.29, 1.82) is 0 Å². The fourth-order valence-corrected chi connectivity index (χ4v) is 2.67. The molecule has 0 aliphatic rings. The normalized spacial score (nSPS) is 13.5. The number of rotatable bonds is 5. The van der Waals surface area contributed by atoms with E-state index in [-0.39, 0.29) is 11.3 Å². The van der Waals surface area contributed by atoms with E-state index in [1.807, 2.05) is 22.6 Å². The Labute approximate surface area is 137 Å². The molecule has 1 atom stereocenters. The average Bonchev–Trinajstić information content (AvgIpc) is 2.34. The van der Waals surface area contributed by atoms with Gasteiger partial charge in [0.15, 0.2) is 0 Å². The van der Waals surface area contributed by atoms with Crippen LogP contribution >= 0.6 is 22.6 Å². The van der Waals surface area contributed by atoms with Crippen molar-refractivity contribution in [2.45, 2.75) is 12.2 Å². The van der Waals surface area contributed by atoms with Crippen molar-refractivity contribution in [1.82, 2.24) is 5.32 Å². The lowest BCUT2D eigenvalue weighted by molar-refractivity contribution is -0.148. The van der Waals surface area contributed by atoms with Crippen LogP contribution in [0.1, 0.15) is 10.4 Å². The van der Waals surface area contributed by atoms with Crippen LogP contribution in [0.3, 0.4) is 0 Å². The molecule has 1 amide bonds. The van der Waals surface area contributed by atoms with E-state index in [1.165, 1.54) is 30.6 Å². The largest absolute Gasteiger partial charge is 0.496 e. The Morgan fingerprint density at radius 2 is 2.05 bits per heavy atom. The van der Waals surface area contributed by atoms with Gasteiger partial charge in [-0.3, -0.25) is 9.35 Å². The third-order valence-electron chi connectivity index (χ3n) is 2.49. The van der Waals surface area contributed by atoms with Gasteiger partial charge in [-0.05, 0) is 40.8 Å². The van der Waals surface area contributed by atoms with Crippen LogP contribution in [0.5, 0.6) is 5.75 Å². The number of methoxy groups -OCH3 is 1. The van der Waals surface area contributed by atoms with Gasteiger partial charge in [-0.1, -0.05) is 0 Å². The molecule has 0 saturated heterocycles. The molecule has 0 aromatic heterocycles. The van der Waals surface area contributed by atoms with Crippen molar-refractivity contribution in [3.8, 4) is 5.75 Å². The first-order valence-electron chi connectivity index (χ1n) is 5.60. The maximum absolute atomic E-state index is 12.8. The molecule has 22 heavy (non-hydrogen) atoms. The zero-order chi connectivity index (χ0) is 17.1. The van der Waals surface area contributed by atoms with E-state index in [1.54, 1.807) is 0 Å². The van der Waals surface area contributed by atoms with Crippen LogP contribution in [0.2, 0.25) is 0 Å². The summed E-state index contributed by atoms with van der Waals surface area (Å²) in [7, 11) is -3.69. The Hall–Kier alpha value is -1.08. The van der Waals surface area contributed by atoms with Crippen molar-refractivity contribution in [3.05, 3.63) is 27.3 Å². The zero-order valence-corrected chi connectivity index (χ0v) is 14.0. The van der Waals surface area contributed by atoms with Crippen molar-refractivity contribution < 1.29 is 35.7 Å². The van der Waals surface area contributed by atoms with Gasteiger partial charge in [0, 0.05) is 3.57 Å². The molecule has 1 aromatic carbocycles. The summed E-state index contributed by atoms with van der Waals surface area (Å²) in [5.74, 6) is -2.80. The topological polar surface area (TPSA) is 92.7 Å². The molecule has 2 N–H and O–H groups in total. The van der Waals surface area contributed by atoms with Crippen LogP contribution in [-0.2, 0) is 10.1 Å². The molecule has 0 radical (unpaired) electrons. The summed E-state index contributed by atoms with van der Waals surface area (Å²) in [5.41, 5.74) is -0.187. The number of benzene rings is 1. The highest BCUT2D eigenvalue weighted by Gasteiger charge is 2.43. The highest BCUT2D eigenvalue weighted by molar-refractivity contribution is 14.1. The van der Waals surface area contributed by atoms with Gasteiger partial charge in [0.25, 0.3) is 16.0 Å². The van der Waals surface area contributed by atoms with Crippen molar-refractivity contribution in [2.24, 2.45) is 0 Å². The molecule has 0 fully saturated rings. The molecule has 0 spiro atoms. The van der Waals surface area contributed by atoms with Gasteiger partial charge in [-0.15, -0.1) is 0 Å². The standard InChI is InChI=1S/C11H11F3INO5S/c1-21-8-4-6(15)2-3-7(8)10(17)16-9(11(12,13)14)5-22(18,19)20/h2-4,9H,5H2,1H3,(H,16,17)(H,18,19,20). The highest BCUT2D eigenvalue weighted by atomic mass is 127. The first kappa shape index (κ1) is 19.0. The molecular weight excluding hydrogens is 442 g/mol. The minimum atomic E-state index is -5.04. The minimum absolute atomic E-state index is 0.0391. The predicted octanol–water partition coefficient (Wildman–Crippen LogP) is 1.85. The number of hydrogen-bond donors (Lipinski definition) is 2. The van der Waals surface area contributed by atoms with E-state index in [2.05, 4.69) is 0 Å². The Bertz CT molecular complexity index is 662. The summed E-state index contributed by atoms with van der Waals surface area (Å²) < 4.78 is 73.7. The second-order valence-electron chi connectivity index (χ2n) is 4.16. The van der Waals surface area contributed by atoms with Crippen LogP contribution < -0.4 is 10.1 Å². The van der Waals surface area contributed by atoms with E-state index in [9.17, 15) is 26.4 Å². The van der Waals surface area contributed by atoms with Crippen molar-refractivity contribution in [3.63, 3.8) is 0 Å². The summed E-state index contributed by atoms with van der Waals surface area (Å²) in [6.45, 7) is 0. The van der Waals surface area contributed by atoms with E-state index >= 15 is 0 Å². The summed E-state index contributed by atoms with van der Waals surface area (Å²) in [4.78, 5) is 11.9. The Morgan fingerprint density at radius 3 is 2.50 bits per heavy atom. The molecule has 0 saturated carbocycles. The Kier molecular flexibility index (Phi) is 6.03. The quantitative estimate of drug-likeness (QED) is 0.525. The number of carbonyl (C=O) groups is 1. The zero-order valence-electron chi connectivity index (χ0n) is 11.0. The number of ether oxygens (including phenoxy) is 1. The summed E-state index contributed by atoms with van der Waals surface area (Å²) in [6, 6.07) is 1.42. The fourth-order valence-electron chi connectivity index (χ4n) is 1.52. The lowest BCUT2D eigenvalue weighted by Gasteiger charge is -2.21. The lowest BCUT2D eigenvalue weighted by atomic mass is 10.1. The molecule has 1 aromatic rings. The minimum Gasteiger partial charge on any atom is -0.496 e. The van der Waals surface area contributed by atoms with Crippen LogP contribution in [0, 0.1) is 3.57 Å². The molecule has 0 aliphatic carbocycles. The predicted molar refractivity (Wildman–Crippen MR) is 79.4 cm³/mol. The van der Waals surface area contributed by atoms with Crippen LogP contribution in [0.4, 0.5) is 13.2 Å². The van der Waals surface area contributed by atoms with E-state index in [0.29, 0.717) is 3.57 Å². The highest BCUT2D eigenvalue weighted by Crippen LogP contribution is 2.24. The maximum Gasteiger partial charge on any atom is 0.409 e. The third-order valence-corrected chi connectivity index (χ3v) is 3.91. The summed E-state index contributed by atoms with van der Waals surface area (Å²) in [5, 5.41) is 1.54. The van der Waals surface area contributed by atoms with Crippen LogP contribution in [0.15, 0.2) is 18.2 Å². The smallest absolute Gasteiger partial charge is 0.409 e. The lowest BCUT2D eigenvalue weighted by Crippen LogP contribution is -2.49. The SMILES string of the molecule is COc1cc(I)ccc1C(=O)NC(CS(=O)(=O)O)C(F)(F)F. The summed E-state index contributed by atoms with van der Waals surface area (Å²) >= 11 is 1.92. The average molecular weight is 453 g/mol. The van der Waals surface area contributed by atoms with E-state index < -0.39 is 34.0 Å². The van der Waals surface area contributed by atoms with E-state index in [4.69, 9.17) is 9.29 Å². The van der Waals surface area contributed by atoms with E-state index in [0.717, 1.165) is 0 Å². The number of carbonyl (C=O) groups excluding carboxylic acids is 1. The number of amides is 1. The Balaban J connectivity index is 3.06. The van der Waals surface area contributed by atoms with Gasteiger partial charge in [0.05, 0.1) is 12.7 Å². The van der Waals surface area contributed by atoms with Gasteiger partial charge in [0.1, 0.15) is 17.5 Å². The molecule has 0 heterocycles. The number of nitrogens with one attached hydrogen (secondary N) is 1. The molecule has 6 nitrogen and oxygen atoms in total. The second kappa shape index (κ2) is 7.00. The molecule has 1 unspecified atom stereocenters. The third kappa shape index (κ3) is 5.61. The first-order valence-corrected chi connectivity index (χ1v) is 8.29. The van der Waals surface area contributed by atoms with Gasteiger partial charge >= 0.3 is 6.18 Å². The van der Waals surface area contributed by atoms with Gasteiger partial charge in [-0.2, -0.15) is 21.6 Å². The first-order chi connectivity index (χ1) is 9.94. The fraction of sp³-hybridized carbons (Fsp3) is 0.364. The molecule has 0 bridgehead atoms. The van der Waals surface area contributed by atoms with Crippen molar-refractivity contribution >= 4 is 38.6 Å². The van der Waals surface area contributed by atoms with Crippen LogP contribution in [0.25, 0.3) is 0 Å². The molecule has 124 valence electrons. The maximum atomic E-state index is 12.8. The van der Waals surface area contributed by atoms with Crippen molar-refractivity contribution in [2.75, 3.05) is 12.9 Å². The van der Waals surface area contributed by atoms with Gasteiger partial charge < -0.3 is 10.1 Å². The number of hydrogen-bond acceptors (Lipinski definition) is 4. The molecule has 1 rings (SSSR count). The monoisotopic (exact) mass is 453 g/mol. The van der Waals surface area contributed by atoms with Gasteiger partial charge in [0.2, 0.25) is 0 Å². The van der Waals surface area contributed by atoms with Gasteiger partial charge in [-0.25, -0.2) is 0 Å². The number of alkyl halides is 3. The molecular formula is C11H11F3INO5S. The Morgan fingerprint density at radius 1 is 1.45 bits per heavy atom. The second-order valence-corrected chi connectivity index (χ2v) is 6.90. The summed E-state index contributed by atoms with van der Waals surface area (Å²) in [6.07, 6.45) is -5.04. The molecule has 11 heteroatoms. The number of halogens is 4.